The van der Waals surface area contributed by atoms with Crippen LogP contribution >= 0.6 is 0 Å². The summed E-state index contributed by atoms with van der Waals surface area (Å²) in [4.78, 5) is 46.9. The van der Waals surface area contributed by atoms with Gasteiger partial charge in [-0.1, -0.05) is 38.5 Å². The second-order valence-corrected chi connectivity index (χ2v) is 10.4. The Hall–Kier alpha value is -2.27. The van der Waals surface area contributed by atoms with Gasteiger partial charge in [-0.05, 0) is 12.0 Å². The van der Waals surface area contributed by atoms with E-state index >= 15 is 0 Å². The first-order chi connectivity index (χ1) is 17.4. The van der Waals surface area contributed by atoms with Crippen molar-refractivity contribution in [2.45, 2.75) is 44.1 Å². The average Bonchev–Trinajstić information content (AvgIpc) is 3.19. The zero-order valence-corrected chi connectivity index (χ0v) is 21.1. The first-order valence-corrected chi connectivity index (χ1v) is 13.1. The van der Waals surface area contributed by atoms with Crippen LogP contribution in [0, 0.1) is 17.8 Å². The van der Waals surface area contributed by atoms with Crippen LogP contribution in [0.4, 0.5) is 0 Å². The Morgan fingerprint density at radius 1 is 1.14 bits per heavy atom. The van der Waals surface area contributed by atoms with Crippen LogP contribution in [0.1, 0.15) is 20.3 Å². The molecule has 5 aliphatic heterocycles. The summed E-state index contributed by atoms with van der Waals surface area (Å²) >= 11 is 0. The number of hydrogen-bond acceptors (Lipinski definition) is 8. The van der Waals surface area contributed by atoms with Gasteiger partial charge in [0, 0.05) is 32.7 Å². The predicted molar refractivity (Wildman–Crippen MR) is 129 cm³/mol. The highest BCUT2D eigenvalue weighted by molar-refractivity contribution is 5.99. The Balaban J connectivity index is 1.52. The van der Waals surface area contributed by atoms with Crippen molar-refractivity contribution in [1.82, 2.24) is 14.7 Å². The van der Waals surface area contributed by atoms with Crippen LogP contribution in [0.3, 0.4) is 0 Å². The fraction of sp³-hybridized carbons (Fsp3) is 0.731. The van der Waals surface area contributed by atoms with Gasteiger partial charge >= 0.3 is 5.97 Å². The van der Waals surface area contributed by atoms with Gasteiger partial charge < -0.3 is 29.1 Å². The zero-order chi connectivity index (χ0) is 25.4. The number of amides is 2. The Bertz CT molecular complexity index is 932. The third kappa shape index (κ3) is 4.08. The number of esters is 1. The maximum atomic E-state index is 14.2. The lowest BCUT2D eigenvalue weighted by Crippen LogP contribution is -2.59. The Labute approximate surface area is 211 Å². The first kappa shape index (κ1) is 25.4. The monoisotopic (exact) mass is 503 g/mol. The second kappa shape index (κ2) is 10.2. The van der Waals surface area contributed by atoms with Crippen molar-refractivity contribution < 1.29 is 33.7 Å². The summed E-state index contributed by atoms with van der Waals surface area (Å²) in [6.07, 6.45) is 7.29. The number of nitrogens with zero attached hydrogens (tertiary/aromatic N) is 3. The lowest BCUT2D eigenvalue weighted by atomic mass is 9.78. The number of rotatable bonds is 7. The fourth-order valence-electron chi connectivity index (χ4n) is 6.41. The molecule has 10 heteroatoms. The van der Waals surface area contributed by atoms with E-state index in [0.29, 0.717) is 32.8 Å². The number of morpholine rings is 1. The van der Waals surface area contributed by atoms with E-state index in [1.807, 2.05) is 26.0 Å². The molecule has 0 aromatic carbocycles. The van der Waals surface area contributed by atoms with Crippen LogP contribution in [-0.4, -0.2) is 121 Å². The van der Waals surface area contributed by atoms with Crippen molar-refractivity contribution in [3.63, 3.8) is 0 Å². The minimum atomic E-state index is -1.29. The lowest BCUT2D eigenvalue weighted by Gasteiger charge is -2.40. The average molecular weight is 504 g/mol. The van der Waals surface area contributed by atoms with Gasteiger partial charge in [0.25, 0.3) is 0 Å². The quantitative estimate of drug-likeness (QED) is 0.377. The number of carbonyl (C=O) groups excluding carboxylic acids is 3. The zero-order valence-electron chi connectivity index (χ0n) is 21.1. The smallest absolute Gasteiger partial charge is 0.313 e. The Morgan fingerprint density at radius 3 is 2.64 bits per heavy atom. The molecule has 5 rings (SSSR count). The van der Waals surface area contributed by atoms with Crippen molar-refractivity contribution in [2.75, 3.05) is 59.2 Å². The van der Waals surface area contributed by atoms with Crippen LogP contribution in [0.5, 0.6) is 0 Å². The van der Waals surface area contributed by atoms with Crippen LogP contribution in [0.15, 0.2) is 24.3 Å². The largest absolute Gasteiger partial charge is 0.461 e. The summed E-state index contributed by atoms with van der Waals surface area (Å²) in [6.45, 7) is 8.41. The maximum absolute atomic E-state index is 14.2. The molecule has 5 heterocycles. The van der Waals surface area contributed by atoms with Gasteiger partial charge in [0.1, 0.15) is 24.2 Å². The molecule has 0 radical (unpaired) electrons. The molecule has 0 saturated carbocycles. The van der Waals surface area contributed by atoms with Crippen molar-refractivity contribution >= 4 is 17.8 Å². The number of carbonyl (C=O) groups is 3. The summed E-state index contributed by atoms with van der Waals surface area (Å²) in [5, 5.41) is 10.4. The van der Waals surface area contributed by atoms with Gasteiger partial charge in [-0.3, -0.25) is 19.3 Å². The molecule has 2 amide bonds. The van der Waals surface area contributed by atoms with E-state index in [1.54, 1.807) is 17.1 Å². The topological polar surface area (TPSA) is 109 Å². The van der Waals surface area contributed by atoms with E-state index in [-0.39, 0.29) is 30.9 Å². The van der Waals surface area contributed by atoms with Crippen LogP contribution in [-0.2, 0) is 28.6 Å². The Morgan fingerprint density at radius 2 is 1.92 bits per heavy atom. The van der Waals surface area contributed by atoms with Gasteiger partial charge in [-0.25, -0.2) is 0 Å². The minimum Gasteiger partial charge on any atom is -0.461 e. The standard InChI is InChI=1S/C26H37N3O7/c1-3-17(2)18(16-30)29-22-24(32)28(10-9-27-11-14-34-15-12-27)8-5-7-26(22)21(23(29)31)20-19(36-26)6-4-13-35-25(20)33/h4-7,17-22,30H,3,8-16H2,1-2H3/t17-,18-,19+,20-,21-,22?,26-/m0/s1. The van der Waals surface area contributed by atoms with E-state index in [4.69, 9.17) is 14.2 Å². The van der Waals surface area contributed by atoms with Gasteiger partial charge in [0.15, 0.2) is 0 Å². The summed E-state index contributed by atoms with van der Waals surface area (Å²) in [6, 6.07) is -1.52. The number of likely N-dealkylation sites (tertiary alicyclic amines) is 1. The van der Waals surface area contributed by atoms with E-state index < -0.39 is 41.6 Å². The molecular formula is C26H37N3O7. The molecule has 3 fully saturated rings. The molecule has 0 aromatic heterocycles. The molecule has 5 aliphatic rings. The lowest BCUT2D eigenvalue weighted by molar-refractivity contribution is -0.155. The second-order valence-electron chi connectivity index (χ2n) is 10.4. The molecule has 1 unspecified atom stereocenters. The van der Waals surface area contributed by atoms with Crippen molar-refractivity contribution in [2.24, 2.45) is 17.8 Å². The number of aliphatic hydroxyl groups excluding tert-OH is 1. The van der Waals surface area contributed by atoms with E-state index in [2.05, 4.69) is 4.90 Å². The maximum Gasteiger partial charge on any atom is 0.313 e. The highest BCUT2D eigenvalue weighted by Gasteiger charge is 2.72. The number of ether oxygens (including phenoxy) is 3. The SMILES string of the molecule is CC[C@H](C)[C@H](CO)N1C(=O)[C@@H]2[C@H]3C(=O)OCC=C[C@H]3O[C@@]23C=CCN(CCN2CCOCC2)C(=O)C13. The van der Waals surface area contributed by atoms with Gasteiger partial charge in [0.2, 0.25) is 11.8 Å². The molecule has 0 aliphatic carbocycles. The molecule has 7 atom stereocenters. The molecule has 0 aromatic rings. The van der Waals surface area contributed by atoms with Gasteiger partial charge in [0.05, 0.1) is 37.9 Å². The third-order valence-electron chi connectivity index (χ3n) is 8.57. The highest BCUT2D eigenvalue weighted by atomic mass is 16.6. The molecule has 1 N–H and O–H groups in total. The number of hydrogen-bond donors (Lipinski definition) is 1. The van der Waals surface area contributed by atoms with Gasteiger partial charge in [-0.2, -0.15) is 0 Å². The predicted octanol–water partition coefficient (Wildman–Crippen LogP) is -0.182. The Kier molecular flexibility index (Phi) is 7.22. The minimum absolute atomic E-state index is 0.0477. The number of fused-ring (bicyclic) bond motifs is 2. The van der Waals surface area contributed by atoms with Crippen LogP contribution in [0.25, 0.3) is 0 Å². The number of cyclic esters (lactones) is 1. The fourth-order valence-corrected chi connectivity index (χ4v) is 6.41. The van der Waals surface area contributed by atoms with Gasteiger partial charge in [-0.15, -0.1) is 0 Å². The molecule has 198 valence electrons. The normalized spacial score (nSPS) is 36.1. The van der Waals surface area contributed by atoms with E-state index in [9.17, 15) is 19.5 Å². The van der Waals surface area contributed by atoms with Crippen LogP contribution in [0.2, 0.25) is 0 Å². The molecule has 3 saturated heterocycles. The molecule has 36 heavy (non-hydrogen) atoms. The van der Waals surface area contributed by atoms with Crippen molar-refractivity contribution in [3.05, 3.63) is 24.3 Å². The third-order valence-corrected chi connectivity index (χ3v) is 8.57. The van der Waals surface area contributed by atoms with Crippen molar-refractivity contribution in [1.29, 1.82) is 0 Å². The summed E-state index contributed by atoms with van der Waals surface area (Å²) in [5.74, 6) is -2.79. The van der Waals surface area contributed by atoms with Crippen molar-refractivity contribution in [3.8, 4) is 0 Å². The summed E-state index contributed by atoms with van der Waals surface area (Å²) in [5.41, 5.74) is -1.29. The van der Waals surface area contributed by atoms with Crippen LogP contribution < -0.4 is 0 Å². The molecular weight excluding hydrogens is 466 g/mol. The first-order valence-electron chi connectivity index (χ1n) is 13.1. The summed E-state index contributed by atoms with van der Waals surface area (Å²) < 4.78 is 17.3. The summed E-state index contributed by atoms with van der Waals surface area (Å²) in [7, 11) is 0. The van der Waals surface area contributed by atoms with E-state index in [1.165, 1.54) is 4.90 Å². The molecule has 0 bridgehead atoms. The molecule has 1 spiro atoms. The van der Waals surface area contributed by atoms with E-state index in [0.717, 1.165) is 19.5 Å². The number of aliphatic hydroxyl groups is 1. The highest BCUT2D eigenvalue weighted by Crippen LogP contribution is 2.54. The molecule has 10 nitrogen and oxygen atoms in total.